The summed E-state index contributed by atoms with van der Waals surface area (Å²) >= 11 is 13.7. The van der Waals surface area contributed by atoms with Crippen LogP contribution in [0.15, 0.2) is 47.4 Å². The Morgan fingerprint density at radius 1 is 0.970 bits per heavy atom. The molecule has 3 N–H and O–H groups in total. The molecule has 5 aliphatic rings. The first-order valence-electron chi connectivity index (χ1n) is 23.0. The van der Waals surface area contributed by atoms with Gasteiger partial charge in [-0.05, 0) is 88.8 Å². The number of pyridine rings is 1. The van der Waals surface area contributed by atoms with E-state index >= 15 is 0 Å². The molecule has 4 aromatic rings. The van der Waals surface area contributed by atoms with E-state index in [0.717, 1.165) is 87.0 Å². The lowest BCUT2D eigenvalue weighted by atomic mass is 9.86. The summed E-state index contributed by atoms with van der Waals surface area (Å²) in [6, 6.07) is 11.0. The number of carbonyl (C=O) groups is 4. The van der Waals surface area contributed by atoms with Gasteiger partial charge in [-0.2, -0.15) is 4.98 Å². The fourth-order valence-corrected chi connectivity index (χ4v) is 10.5. The highest BCUT2D eigenvalue weighted by molar-refractivity contribution is 6.35. The molecule has 4 fully saturated rings. The van der Waals surface area contributed by atoms with Gasteiger partial charge in [0.2, 0.25) is 17.8 Å². The van der Waals surface area contributed by atoms with E-state index in [9.17, 15) is 24.0 Å². The van der Waals surface area contributed by atoms with E-state index in [4.69, 9.17) is 37.7 Å². The van der Waals surface area contributed by atoms with Gasteiger partial charge in [0.05, 0.1) is 34.6 Å². The van der Waals surface area contributed by atoms with E-state index in [2.05, 4.69) is 42.6 Å². The second-order valence-electron chi connectivity index (χ2n) is 18.1. The molecule has 6 heterocycles. The van der Waals surface area contributed by atoms with Gasteiger partial charge in [0.1, 0.15) is 11.1 Å². The molecule has 350 valence electrons. The van der Waals surface area contributed by atoms with E-state index in [0.29, 0.717) is 45.5 Å². The van der Waals surface area contributed by atoms with Crippen LogP contribution in [0.1, 0.15) is 87.7 Å². The van der Waals surface area contributed by atoms with Crippen LogP contribution >= 0.6 is 23.2 Å². The number of halogens is 2. The van der Waals surface area contributed by atoms with Gasteiger partial charge in [0.15, 0.2) is 18.2 Å². The summed E-state index contributed by atoms with van der Waals surface area (Å²) in [6.45, 7) is 10.2. The number of hydrogen-bond donors (Lipinski definition) is 3. The Morgan fingerprint density at radius 2 is 1.76 bits per heavy atom. The lowest BCUT2D eigenvalue weighted by Crippen LogP contribution is -2.59. The van der Waals surface area contributed by atoms with Crippen LogP contribution in [0, 0.1) is 0 Å². The smallest absolute Gasteiger partial charge is 0.293 e. The number of aromatic nitrogens is 3. The SMILES string of the molecule is CC[C@@H]1CN([C@H]2C[C@H](OC3CCN(c4ncc(Cl)c(Nc5ccc6c(c5)cc(OCC(=O)NC)c(=O)n6C(C)C)n4)CC3)C2)CCN1c1ccc2c(c1Cl)CN(C1CCC(=O)NC1=O)C2=O. The Morgan fingerprint density at radius 3 is 2.48 bits per heavy atom. The second kappa shape index (κ2) is 19.0. The molecule has 2 atom stereocenters. The number of piperazine rings is 1. The number of ether oxygens (including phenoxy) is 2. The first-order valence-corrected chi connectivity index (χ1v) is 23.7. The predicted octanol–water partition coefficient (Wildman–Crippen LogP) is 5.43. The number of nitrogens with one attached hydrogen (secondary N) is 3. The molecule has 4 aliphatic heterocycles. The summed E-state index contributed by atoms with van der Waals surface area (Å²) in [5.41, 5.74) is 3.33. The van der Waals surface area contributed by atoms with Crippen LogP contribution < -0.4 is 36.0 Å². The van der Waals surface area contributed by atoms with Crippen molar-refractivity contribution in [3.63, 3.8) is 0 Å². The number of imide groups is 1. The highest BCUT2D eigenvalue weighted by Gasteiger charge is 2.43. The van der Waals surface area contributed by atoms with Gasteiger partial charge < -0.3 is 39.4 Å². The molecule has 9 rings (SSSR count). The highest BCUT2D eigenvalue weighted by atomic mass is 35.5. The third-order valence-corrected chi connectivity index (χ3v) is 14.5. The van der Waals surface area contributed by atoms with Gasteiger partial charge >= 0.3 is 0 Å². The van der Waals surface area contributed by atoms with Crippen LogP contribution in [-0.2, 0) is 25.7 Å². The Balaban J connectivity index is 0.765. The average molecular weight is 944 g/mol. The molecule has 3 saturated heterocycles. The van der Waals surface area contributed by atoms with Crippen molar-refractivity contribution in [2.75, 3.05) is 61.5 Å². The number of nitrogens with zero attached hydrogens (tertiary/aromatic N) is 7. The minimum atomic E-state index is -0.681. The summed E-state index contributed by atoms with van der Waals surface area (Å²) < 4.78 is 13.9. The largest absolute Gasteiger partial charge is 0.478 e. The number of hydrogen-bond acceptors (Lipinski definition) is 13. The van der Waals surface area contributed by atoms with E-state index < -0.39 is 11.9 Å². The van der Waals surface area contributed by atoms with Crippen LogP contribution in [0.4, 0.5) is 23.1 Å². The minimum absolute atomic E-state index is 0.0905. The molecule has 1 unspecified atom stereocenters. The van der Waals surface area contributed by atoms with E-state index in [1.165, 1.54) is 7.05 Å². The van der Waals surface area contributed by atoms with Crippen molar-refractivity contribution in [1.29, 1.82) is 0 Å². The van der Waals surface area contributed by atoms with Crippen molar-refractivity contribution in [2.45, 2.75) is 109 Å². The summed E-state index contributed by atoms with van der Waals surface area (Å²) in [5, 5.41) is 9.90. The van der Waals surface area contributed by atoms with Crippen LogP contribution in [0.25, 0.3) is 10.9 Å². The van der Waals surface area contributed by atoms with Crippen molar-refractivity contribution in [2.24, 2.45) is 0 Å². The zero-order chi connectivity index (χ0) is 46.4. The van der Waals surface area contributed by atoms with Gasteiger partial charge in [-0.1, -0.05) is 30.1 Å². The fraction of sp³-hybridized carbons (Fsp3) is 0.511. The maximum atomic E-state index is 13.4. The standard InChI is InChI=1S/C47H56Cl2N10O7/c1-5-29-23-56(16-17-57(29)37-9-7-33-34(42(37)49)24-58(45(33)63)38-10-11-40(60)53-44(38)62)30-20-32(21-30)66-31-12-14-55(15-13-31)47-51-22-35(48)43(54-47)52-28-6-8-36-27(18-28)19-39(65-25-41(61)50-4)46(64)59(36)26(2)3/h6-9,18-19,22,26,29-32,38H,5,10-17,20-21,23-25H2,1-4H3,(H,50,61)(H,51,52,54)(H,53,60,62)/t29-,30-,32-,38?/m1/s1. The van der Waals surface area contributed by atoms with E-state index in [1.807, 2.05) is 44.2 Å². The number of amides is 4. The Bertz CT molecular complexity index is 2610. The molecular weight excluding hydrogens is 887 g/mol. The highest BCUT2D eigenvalue weighted by Crippen LogP contribution is 2.41. The van der Waals surface area contributed by atoms with Crippen molar-refractivity contribution in [3.05, 3.63) is 74.1 Å². The van der Waals surface area contributed by atoms with E-state index in [-0.39, 0.29) is 72.9 Å². The van der Waals surface area contributed by atoms with E-state index in [1.54, 1.807) is 21.7 Å². The second-order valence-corrected chi connectivity index (χ2v) is 18.9. The number of benzene rings is 2. The van der Waals surface area contributed by atoms with Crippen LogP contribution in [0.5, 0.6) is 5.75 Å². The van der Waals surface area contributed by atoms with Crippen LogP contribution in [0.2, 0.25) is 10.0 Å². The van der Waals surface area contributed by atoms with Gasteiger partial charge in [-0.25, -0.2) is 4.98 Å². The molecular formula is C47H56Cl2N10O7. The maximum Gasteiger partial charge on any atom is 0.293 e. The maximum absolute atomic E-state index is 13.4. The quantitative estimate of drug-likeness (QED) is 0.145. The van der Waals surface area contributed by atoms with Gasteiger partial charge in [-0.15, -0.1) is 0 Å². The normalized spacial score (nSPS) is 22.7. The molecule has 0 spiro atoms. The third kappa shape index (κ3) is 9.02. The molecule has 0 radical (unpaired) electrons. The molecule has 66 heavy (non-hydrogen) atoms. The molecule has 17 nitrogen and oxygen atoms in total. The number of likely N-dealkylation sites (N-methyl/N-ethyl adjacent to an activating group) is 1. The molecule has 4 amide bonds. The number of piperidine rings is 2. The molecule has 0 bridgehead atoms. The molecule has 1 aliphatic carbocycles. The number of rotatable bonds is 13. The lowest BCUT2D eigenvalue weighted by molar-refractivity contribution is -0.137. The topological polar surface area (TPSA) is 184 Å². The van der Waals surface area contributed by atoms with Crippen LogP contribution in [0.3, 0.4) is 0 Å². The number of anilines is 4. The predicted molar refractivity (Wildman–Crippen MR) is 252 cm³/mol. The summed E-state index contributed by atoms with van der Waals surface area (Å²) in [5.74, 6) is -0.163. The Labute approximate surface area is 393 Å². The monoisotopic (exact) mass is 942 g/mol. The van der Waals surface area contributed by atoms with Crippen molar-refractivity contribution < 1.29 is 28.7 Å². The zero-order valence-electron chi connectivity index (χ0n) is 37.6. The average Bonchev–Trinajstić information content (AvgIpc) is 3.63. The molecule has 1 saturated carbocycles. The van der Waals surface area contributed by atoms with Gasteiger partial charge in [0, 0.05) is 93.1 Å². The van der Waals surface area contributed by atoms with Gasteiger partial charge in [-0.3, -0.25) is 34.2 Å². The summed E-state index contributed by atoms with van der Waals surface area (Å²) in [4.78, 5) is 80.9. The minimum Gasteiger partial charge on any atom is -0.478 e. The number of carbonyl (C=O) groups excluding carboxylic acids is 4. The van der Waals surface area contributed by atoms with Crippen LogP contribution in [-0.4, -0.2) is 125 Å². The Kier molecular flexibility index (Phi) is 13.2. The summed E-state index contributed by atoms with van der Waals surface area (Å²) in [7, 11) is 1.51. The molecule has 2 aromatic heterocycles. The van der Waals surface area contributed by atoms with Crippen molar-refractivity contribution >= 4 is 80.9 Å². The lowest BCUT2D eigenvalue weighted by Gasteiger charge is -2.50. The first kappa shape index (κ1) is 45.7. The molecule has 19 heteroatoms. The fourth-order valence-electron chi connectivity index (χ4n) is 10.1. The first-order chi connectivity index (χ1) is 31.8. The third-order valence-electron chi connectivity index (χ3n) is 13.8. The van der Waals surface area contributed by atoms with Crippen molar-refractivity contribution in [3.8, 4) is 5.75 Å². The van der Waals surface area contributed by atoms with Crippen molar-refractivity contribution in [1.82, 2.24) is 35.0 Å². The zero-order valence-corrected chi connectivity index (χ0v) is 39.2. The number of fused-ring (bicyclic) bond motifs is 2. The van der Waals surface area contributed by atoms with Gasteiger partial charge in [0.25, 0.3) is 17.4 Å². The molecule has 2 aromatic carbocycles. The Hall–Kier alpha value is -5.49. The summed E-state index contributed by atoms with van der Waals surface area (Å²) in [6.07, 6.45) is 7.16.